The molecule has 0 saturated heterocycles. The number of nitrogens with zero attached hydrogens (tertiary/aromatic N) is 6. The number of hydrogen-bond donors (Lipinski definition) is 1. The Morgan fingerprint density at radius 1 is 1.24 bits per heavy atom. The minimum absolute atomic E-state index is 0.121. The lowest BCUT2D eigenvalue weighted by Crippen LogP contribution is -2.26. The van der Waals surface area contributed by atoms with Crippen LogP contribution in [0.25, 0.3) is 5.82 Å². The molecule has 0 radical (unpaired) electrons. The third-order valence-corrected chi connectivity index (χ3v) is 5.11. The van der Waals surface area contributed by atoms with Crippen LogP contribution in [-0.4, -0.2) is 48.3 Å². The number of methoxy groups -OCH3 is 1. The number of esters is 1. The van der Waals surface area contributed by atoms with Gasteiger partial charge in [-0.1, -0.05) is 0 Å². The quantitative estimate of drug-likeness (QED) is 0.647. The molecule has 10 heteroatoms. The van der Waals surface area contributed by atoms with Gasteiger partial charge in [-0.25, -0.2) is 14.2 Å². The summed E-state index contributed by atoms with van der Waals surface area (Å²) in [6.45, 7) is 2.66. The Bertz CT molecular complexity index is 1060. The molecule has 152 valence electrons. The number of aryl methyl sites for hydroxylation is 3. The van der Waals surface area contributed by atoms with Crippen molar-refractivity contribution in [3.63, 3.8) is 0 Å². The van der Waals surface area contributed by atoms with Crippen molar-refractivity contribution in [1.82, 2.24) is 34.7 Å². The van der Waals surface area contributed by atoms with E-state index in [2.05, 4.69) is 20.6 Å². The van der Waals surface area contributed by atoms with Gasteiger partial charge in [0.15, 0.2) is 5.82 Å². The normalized spacial score (nSPS) is 13.2. The third kappa shape index (κ3) is 3.30. The number of aromatic nitrogens is 6. The Morgan fingerprint density at radius 3 is 2.79 bits per heavy atom. The van der Waals surface area contributed by atoms with E-state index < -0.39 is 5.97 Å². The second-order valence-electron chi connectivity index (χ2n) is 6.98. The zero-order chi connectivity index (χ0) is 20.5. The summed E-state index contributed by atoms with van der Waals surface area (Å²) < 4.78 is 10.0. The monoisotopic (exact) mass is 397 g/mol. The summed E-state index contributed by atoms with van der Waals surface area (Å²) in [4.78, 5) is 25.3. The van der Waals surface area contributed by atoms with E-state index in [1.807, 2.05) is 4.68 Å². The summed E-state index contributed by atoms with van der Waals surface area (Å²) in [7, 11) is 3.12. The van der Waals surface area contributed by atoms with Crippen LogP contribution >= 0.6 is 0 Å². The van der Waals surface area contributed by atoms with Crippen molar-refractivity contribution < 1.29 is 14.3 Å². The van der Waals surface area contributed by atoms with Crippen molar-refractivity contribution in [1.29, 1.82) is 0 Å². The van der Waals surface area contributed by atoms with Crippen molar-refractivity contribution in [3.05, 3.63) is 46.7 Å². The number of fused-ring (bicyclic) bond motifs is 1. The summed E-state index contributed by atoms with van der Waals surface area (Å²) in [5.74, 6) is -0.155. The molecule has 0 atom stereocenters. The molecule has 1 amide bonds. The maximum Gasteiger partial charge on any atom is 0.341 e. The van der Waals surface area contributed by atoms with Crippen LogP contribution < -0.4 is 5.32 Å². The van der Waals surface area contributed by atoms with Gasteiger partial charge < -0.3 is 10.1 Å². The maximum atomic E-state index is 13.0. The number of ether oxygens (including phenoxy) is 1. The zero-order valence-corrected chi connectivity index (χ0v) is 16.7. The van der Waals surface area contributed by atoms with Gasteiger partial charge in [0.25, 0.3) is 5.91 Å². The molecule has 1 aliphatic rings. The van der Waals surface area contributed by atoms with E-state index in [0.717, 1.165) is 31.5 Å². The van der Waals surface area contributed by atoms with Gasteiger partial charge in [-0.05, 0) is 32.3 Å². The topological polar surface area (TPSA) is 109 Å². The number of hydrogen-bond acceptors (Lipinski definition) is 6. The first-order chi connectivity index (χ1) is 14.0. The van der Waals surface area contributed by atoms with Crippen LogP contribution in [-0.2, 0) is 31.3 Å². The summed E-state index contributed by atoms with van der Waals surface area (Å²) in [6.07, 6.45) is 6.19. The number of nitrogens with one attached hydrogen (secondary N) is 1. The molecule has 4 rings (SSSR count). The van der Waals surface area contributed by atoms with Gasteiger partial charge in [-0.2, -0.15) is 15.3 Å². The summed E-state index contributed by atoms with van der Waals surface area (Å²) in [6, 6.07) is 1.78. The average Bonchev–Trinajstić information content (AvgIpc) is 3.42. The van der Waals surface area contributed by atoms with Gasteiger partial charge in [0.1, 0.15) is 11.1 Å². The van der Waals surface area contributed by atoms with Crippen molar-refractivity contribution in [3.8, 4) is 5.82 Å². The number of carbonyl (C=O) groups excluding carboxylic acids is 2. The third-order valence-electron chi connectivity index (χ3n) is 5.11. The van der Waals surface area contributed by atoms with Gasteiger partial charge in [0.05, 0.1) is 30.7 Å². The predicted molar refractivity (Wildman–Crippen MR) is 103 cm³/mol. The predicted octanol–water partition coefficient (Wildman–Crippen LogP) is 1.16. The summed E-state index contributed by atoms with van der Waals surface area (Å²) in [5, 5.41) is 16.0. The Morgan fingerprint density at radius 2 is 2.07 bits per heavy atom. The molecule has 0 fully saturated rings. The Kier molecular flexibility index (Phi) is 4.91. The molecule has 3 aromatic rings. The van der Waals surface area contributed by atoms with Crippen LogP contribution in [0.3, 0.4) is 0 Å². The fourth-order valence-electron chi connectivity index (χ4n) is 3.83. The molecular formula is C19H23N7O3. The van der Waals surface area contributed by atoms with Gasteiger partial charge >= 0.3 is 5.97 Å². The van der Waals surface area contributed by atoms with Gasteiger partial charge in [-0.15, -0.1) is 0 Å². The number of amides is 1. The van der Waals surface area contributed by atoms with E-state index in [9.17, 15) is 9.59 Å². The lowest BCUT2D eigenvalue weighted by molar-refractivity contribution is 0.0597. The Balaban J connectivity index is 1.62. The molecule has 29 heavy (non-hydrogen) atoms. The average molecular weight is 397 g/mol. The lowest BCUT2D eigenvalue weighted by Gasteiger charge is -2.13. The van der Waals surface area contributed by atoms with Crippen LogP contribution in [0.5, 0.6) is 0 Å². The Hall–Kier alpha value is -3.43. The number of rotatable bonds is 5. The standard InChI is InChI=1S/C19H23N7O3/c1-12-15(18(24(2)22-12)26-10-6-8-21-26)17(27)20-11-13-16(19(28)29-3)14-7-4-5-9-25(14)23-13/h6,8,10H,4-5,7,9,11H2,1-3H3,(H,20,27). The molecular weight excluding hydrogens is 374 g/mol. The SMILES string of the molecule is COC(=O)c1c(CNC(=O)c2c(C)nn(C)c2-n2cccn2)nn2c1CCCC2. The first kappa shape index (κ1) is 18.9. The second kappa shape index (κ2) is 7.53. The highest BCUT2D eigenvalue weighted by atomic mass is 16.5. The van der Waals surface area contributed by atoms with Crippen LogP contribution in [0.1, 0.15) is 50.6 Å². The molecule has 0 saturated carbocycles. The van der Waals surface area contributed by atoms with Crippen molar-refractivity contribution in [2.45, 2.75) is 39.3 Å². The van der Waals surface area contributed by atoms with Crippen LogP contribution in [0.4, 0.5) is 0 Å². The van der Waals surface area contributed by atoms with Crippen molar-refractivity contribution in [2.75, 3.05) is 7.11 Å². The van der Waals surface area contributed by atoms with E-state index in [1.165, 1.54) is 7.11 Å². The molecule has 0 bridgehead atoms. The van der Waals surface area contributed by atoms with Crippen LogP contribution in [0.15, 0.2) is 18.5 Å². The smallest absolute Gasteiger partial charge is 0.341 e. The van der Waals surface area contributed by atoms with Gasteiger partial charge in [0, 0.05) is 26.0 Å². The summed E-state index contributed by atoms with van der Waals surface area (Å²) in [5.41, 5.74) is 2.88. The zero-order valence-electron chi connectivity index (χ0n) is 16.7. The van der Waals surface area contributed by atoms with Gasteiger partial charge in [-0.3, -0.25) is 9.48 Å². The Labute approximate surface area is 167 Å². The molecule has 1 aliphatic heterocycles. The molecule has 4 heterocycles. The molecule has 10 nitrogen and oxygen atoms in total. The largest absolute Gasteiger partial charge is 0.465 e. The molecule has 1 N–H and O–H groups in total. The minimum Gasteiger partial charge on any atom is -0.465 e. The second-order valence-corrected chi connectivity index (χ2v) is 6.98. The maximum absolute atomic E-state index is 13.0. The van der Waals surface area contributed by atoms with Crippen molar-refractivity contribution >= 4 is 11.9 Å². The minimum atomic E-state index is -0.424. The van der Waals surface area contributed by atoms with E-state index >= 15 is 0 Å². The van der Waals surface area contributed by atoms with E-state index in [1.54, 1.807) is 41.8 Å². The first-order valence-electron chi connectivity index (χ1n) is 9.50. The number of carbonyl (C=O) groups is 2. The lowest BCUT2D eigenvalue weighted by atomic mass is 10.0. The van der Waals surface area contributed by atoms with Gasteiger partial charge in [0.2, 0.25) is 0 Å². The van der Waals surface area contributed by atoms with E-state index in [0.29, 0.717) is 28.3 Å². The first-order valence-corrected chi connectivity index (χ1v) is 9.50. The van der Waals surface area contributed by atoms with E-state index in [4.69, 9.17) is 4.74 Å². The molecule has 0 unspecified atom stereocenters. The van der Waals surface area contributed by atoms with Crippen LogP contribution in [0.2, 0.25) is 0 Å². The highest BCUT2D eigenvalue weighted by Gasteiger charge is 2.27. The fraction of sp³-hybridized carbons (Fsp3) is 0.421. The van der Waals surface area contributed by atoms with E-state index in [-0.39, 0.29) is 12.5 Å². The highest BCUT2D eigenvalue weighted by molar-refractivity contribution is 5.98. The van der Waals surface area contributed by atoms with Crippen molar-refractivity contribution in [2.24, 2.45) is 7.05 Å². The molecule has 0 aliphatic carbocycles. The highest BCUT2D eigenvalue weighted by Crippen LogP contribution is 2.23. The molecule has 0 aromatic carbocycles. The molecule has 0 spiro atoms. The molecule has 3 aromatic heterocycles. The summed E-state index contributed by atoms with van der Waals surface area (Å²) >= 11 is 0. The fourth-order valence-corrected chi connectivity index (χ4v) is 3.83. The van der Waals surface area contributed by atoms with Crippen LogP contribution in [0, 0.1) is 6.92 Å².